The Morgan fingerprint density at radius 1 is 1.50 bits per heavy atom. The molecule has 0 spiro atoms. The average Bonchev–Trinajstić information content (AvgIpc) is 2.20. The van der Waals surface area contributed by atoms with Gasteiger partial charge >= 0.3 is 0 Å². The Morgan fingerprint density at radius 3 is 2.81 bits per heavy atom. The summed E-state index contributed by atoms with van der Waals surface area (Å²) in [4.78, 5) is 0. The number of rotatable bonds is 6. The van der Waals surface area contributed by atoms with Gasteiger partial charge in [0.05, 0.1) is 18.0 Å². The van der Waals surface area contributed by atoms with Gasteiger partial charge in [0.15, 0.2) is 11.1 Å². The maximum absolute atomic E-state index is 10.6. The predicted octanol–water partition coefficient (Wildman–Crippen LogP) is 2.17. The number of hydrogen-bond acceptors (Lipinski definition) is 3. The van der Waals surface area contributed by atoms with Gasteiger partial charge in [-0.05, 0) is 24.1 Å². The van der Waals surface area contributed by atoms with Crippen LogP contribution >= 0.6 is 0 Å². The third-order valence-electron chi connectivity index (χ3n) is 2.12. The second-order valence-electron chi connectivity index (χ2n) is 3.54. The molecule has 0 amide bonds. The monoisotopic (exact) mass is 243 g/mol. The zero-order chi connectivity index (χ0) is 12.0. The number of benzene rings is 1. The number of unbranched alkanes of at least 4 members (excludes halogenated alkanes) is 1. The van der Waals surface area contributed by atoms with Crippen LogP contribution in [0.3, 0.4) is 0 Å². The van der Waals surface area contributed by atoms with Crippen LogP contribution < -0.4 is 10.5 Å². The van der Waals surface area contributed by atoms with Crippen molar-refractivity contribution >= 4 is 16.8 Å². The van der Waals surface area contributed by atoms with Crippen molar-refractivity contribution in [2.75, 3.05) is 12.3 Å². The third kappa shape index (κ3) is 4.20. The molecule has 90 valence electrons. The van der Waals surface area contributed by atoms with E-state index in [9.17, 15) is 4.21 Å². The highest BCUT2D eigenvalue weighted by Crippen LogP contribution is 2.23. The fraction of sp³-hybridized carbons (Fsp3) is 0.455. The van der Waals surface area contributed by atoms with E-state index in [0.717, 1.165) is 18.4 Å². The quantitative estimate of drug-likeness (QED) is 0.456. The van der Waals surface area contributed by atoms with E-state index in [4.69, 9.17) is 15.0 Å². The van der Waals surface area contributed by atoms with E-state index < -0.39 is 11.1 Å². The summed E-state index contributed by atoms with van der Waals surface area (Å²) in [6.45, 7) is 2.73. The largest absolute Gasteiger partial charge is 0.491 e. The van der Waals surface area contributed by atoms with Crippen LogP contribution in [0, 0.1) is 0 Å². The zero-order valence-corrected chi connectivity index (χ0v) is 10.1. The van der Waals surface area contributed by atoms with Gasteiger partial charge < -0.3 is 15.0 Å². The van der Waals surface area contributed by atoms with Gasteiger partial charge in [0.1, 0.15) is 5.75 Å². The smallest absolute Gasteiger partial charge is 0.157 e. The molecule has 0 aliphatic carbocycles. The molecule has 1 aromatic rings. The zero-order valence-electron chi connectivity index (χ0n) is 9.31. The van der Waals surface area contributed by atoms with Crippen LogP contribution in [0.4, 0.5) is 5.69 Å². The van der Waals surface area contributed by atoms with Crippen LogP contribution in [-0.2, 0) is 16.8 Å². The molecular weight excluding hydrogens is 226 g/mol. The van der Waals surface area contributed by atoms with Crippen molar-refractivity contribution in [1.29, 1.82) is 0 Å². The minimum absolute atomic E-state index is 0.0967. The standard InChI is InChI=1S/C11H17NO3S/c1-2-3-6-15-11-5-4-9(7-10(11)12)8-16(13)14/h4-5,7H,2-3,6,8,12H2,1H3,(H,13,14). The number of nitrogens with two attached hydrogens (primary N) is 1. The molecule has 0 saturated heterocycles. The first-order chi connectivity index (χ1) is 7.63. The summed E-state index contributed by atoms with van der Waals surface area (Å²) in [6, 6.07) is 5.17. The molecule has 0 aromatic heterocycles. The van der Waals surface area contributed by atoms with Gasteiger partial charge in [-0.15, -0.1) is 0 Å². The lowest BCUT2D eigenvalue weighted by molar-refractivity contribution is 0.311. The number of ether oxygens (including phenoxy) is 1. The predicted molar refractivity (Wildman–Crippen MR) is 65.7 cm³/mol. The van der Waals surface area contributed by atoms with Crippen LogP contribution in [0.5, 0.6) is 5.75 Å². The lowest BCUT2D eigenvalue weighted by atomic mass is 10.2. The molecule has 5 heteroatoms. The van der Waals surface area contributed by atoms with Crippen molar-refractivity contribution in [2.45, 2.75) is 25.5 Å². The first kappa shape index (κ1) is 13.0. The molecule has 0 bridgehead atoms. The Kier molecular flexibility index (Phi) is 5.28. The van der Waals surface area contributed by atoms with Crippen molar-refractivity contribution in [2.24, 2.45) is 0 Å². The van der Waals surface area contributed by atoms with Crippen molar-refractivity contribution in [3.05, 3.63) is 23.8 Å². The molecule has 16 heavy (non-hydrogen) atoms. The Morgan fingerprint density at radius 2 is 2.25 bits per heavy atom. The van der Waals surface area contributed by atoms with Crippen LogP contribution in [0.2, 0.25) is 0 Å². The van der Waals surface area contributed by atoms with Crippen molar-refractivity contribution in [1.82, 2.24) is 0 Å². The highest BCUT2D eigenvalue weighted by molar-refractivity contribution is 7.78. The highest BCUT2D eigenvalue weighted by atomic mass is 32.2. The van der Waals surface area contributed by atoms with E-state index in [1.807, 2.05) is 0 Å². The lowest BCUT2D eigenvalue weighted by Crippen LogP contribution is -2.01. The van der Waals surface area contributed by atoms with Crippen molar-refractivity contribution < 1.29 is 13.5 Å². The second-order valence-corrected chi connectivity index (χ2v) is 4.47. The molecule has 1 unspecified atom stereocenters. The van der Waals surface area contributed by atoms with Crippen molar-refractivity contribution in [3.8, 4) is 5.75 Å². The molecule has 1 atom stereocenters. The number of hydrogen-bond donors (Lipinski definition) is 2. The molecule has 0 aliphatic heterocycles. The summed E-state index contributed by atoms with van der Waals surface area (Å²) in [7, 11) is 0. The highest BCUT2D eigenvalue weighted by Gasteiger charge is 2.03. The summed E-state index contributed by atoms with van der Waals surface area (Å²) in [5, 5.41) is 0. The van der Waals surface area contributed by atoms with Crippen LogP contribution in [0.15, 0.2) is 18.2 Å². The lowest BCUT2D eigenvalue weighted by Gasteiger charge is -2.09. The third-order valence-corrected chi connectivity index (χ3v) is 2.70. The van der Waals surface area contributed by atoms with Crippen LogP contribution in [0.1, 0.15) is 25.3 Å². The first-order valence-corrected chi connectivity index (χ1v) is 6.49. The van der Waals surface area contributed by atoms with Gasteiger partial charge in [-0.1, -0.05) is 19.4 Å². The van der Waals surface area contributed by atoms with E-state index >= 15 is 0 Å². The summed E-state index contributed by atoms with van der Waals surface area (Å²) in [5.74, 6) is 0.736. The van der Waals surface area contributed by atoms with Gasteiger partial charge in [-0.3, -0.25) is 0 Å². The van der Waals surface area contributed by atoms with E-state index in [1.165, 1.54) is 0 Å². The normalized spacial score (nSPS) is 12.4. The first-order valence-electron chi connectivity index (χ1n) is 5.22. The number of nitrogen functional groups attached to an aromatic ring is 1. The molecule has 0 fully saturated rings. The summed E-state index contributed by atoms with van der Waals surface area (Å²) in [5.41, 5.74) is 7.02. The Hall–Kier alpha value is -1.07. The summed E-state index contributed by atoms with van der Waals surface area (Å²) in [6.07, 6.45) is 2.06. The topological polar surface area (TPSA) is 72.5 Å². The molecule has 1 aromatic carbocycles. The molecule has 0 aliphatic rings. The molecule has 0 saturated carbocycles. The van der Waals surface area contributed by atoms with Crippen LogP contribution in [-0.4, -0.2) is 15.4 Å². The van der Waals surface area contributed by atoms with Gasteiger partial charge in [0.25, 0.3) is 0 Å². The SMILES string of the molecule is CCCCOc1ccc(CS(=O)O)cc1N. The van der Waals surface area contributed by atoms with Crippen molar-refractivity contribution in [3.63, 3.8) is 0 Å². The van der Waals surface area contributed by atoms with E-state index in [0.29, 0.717) is 18.0 Å². The van der Waals surface area contributed by atoms with Gasteiger partial charge in [0.2, 0.25) is 0 Å². The van der Waals surface area contributed by atoms with Gasteiger partial charge in [0, 0.05) is 0 Å². The Balaban J connectivity index is 2.64. The van der Waals surface area contributed by atoms with E-state index in [2.05, 4.69) is 6.92 Å². The fourth-order valence-corrected chi connectivity index (χ4v) is 1.75. The van der Waals surface area contributed by atoms with Gasteiger partial charge in [-0.25, -0.2) is 4.21 Å². The summed E-state index contributed by atoms with van der Waals surface area (Å²) >= 11 is -1.83. The Labute approximate surface area is 98.1 Å². The molecule has 1 rings (SSSR count). The molecule has 0 heterocycles. The van der Waals surface area contributed by atoms with E-state index in [1.54, 1.807) is 18.2 Å². The maximum Gasteiger partial charge on any atom is 0.157 e. The fourth-order valence-electron chi connectivity index (χ4n) is 1.29. The maximum atomic E-state index is 10.6. The number of anilines is 1. The Bertz CT molecular complexity index is 368. The molecular formula is C11H17NO3S. The van der Waals surface area contributed by atoms with Crippen LogP contribution in [0.25, 0.3) is 0 Å². The van der Waals surface area contributed by atoms with E-state index in [-0.39, 0.29) is 5.75 Å². The average molecular weight is 243 g/mol. The minimum Gasteiger partial charge on any atom is -0.491 e. The minimum atomic E-state index is -1.83. The second kappa shape index (κ2) is 6.50. The summed E-state index contributed by atoms with van der Waals surface area (Å²) < 4.78 is 24.8. The molecule has 0 radical (unpaired) electrons. The molecule has 4 nitrogen and oxygen atoms in total. The molecule has 3 N–H and O–H groups in total. The van der Waals surface area contributed by atoms with Gasteiger partial charge in [-0.2, -0.15) is 0 Å².